The second-order valence-electron chi connectivity index (χ2n) is 5.11. The molecule has 1 aromatic carbocycles. The Balaban J connectivity index is 2.07. The van der Waals surface area contributed by atoms with Crippen LogP contribution in [-0.2, 0) is 4.74 Å². The summed E-state index contributed by atoms with van der Waals surface area (Å²) in [6, 6.07) is 5.87. The Morgan fingerprint density at radius 2 is 2.35 bits per heavy atom. The Hall–Kier alpha value is -0.840. The molecule has 1 aliphatic rings. The molecule has 1 heterocycles. The maximum atomic E-state index is 6.24. The van der Waals surface area contributed by atoms with E-state index in [1.54, 1.807) is 0 Å². The van der Waals surface area contributed by atoms with Crippen LogP contribution in [0.25, 0.3) is 0 Å². The molecule has 1 aromatic rings. The number of anilines is 1. The van der Waals surface area contributed by atoms with E-state index in [2.05, 4.69) is 11.8 Å². The molecule has 0 amide bonds. The van der Waals surface area contributed by atoms with Crippen molar-refractivity contribution in [2.45, 2.75) is 32.3 Å². The van der Waals surface area contributed by atoms with E-state index in [1.807, 2.05) is 18.2 Å². The molecule has 0 saturated carbocycles. The summed E-state index contributed by atoms with van der Waals surface area (Å²) in [5, 5.41) is 0.617. The number of nitrogens with zero attached hydrogens (tertiary/aromatic N) is 1. The van der Waals surface area contributed by atoms with Crippen LogP contribution in [0.15, 0.2) is 18.2 Å². The predicted octanol–water partition coefficient (Wildman–Crippen LogP) is 3.37. The van der Waals surface area contributed by atoms with E-state index in [0.29, 0.717) is 16.1 Å². The van der Waals surface area contributed by atoms with Gasteiger partial charge in [0, 0.05) is 30.9 Å². The van der Waals surface area contributed by atoms with Gasteiger partial charge in [-0.1, -0.05) is 30.7 Å². The van der Waals surface area contributed by atoms with Gasteiger partial charge >= 0.3 is 0 Å². The normalized spacial score (nSPS) is 19.1. The summed E-state index contributed by atoms with van der Waals surface area (Å²) in [5.74, 6) is 0. The van der Waals surface area contributed by atoms with Crippen LogP contribution >= 0.6 is 23.8 Å². The first-order chi connectivity index (χ1) is 9.61. The molecule has 0 spiro atoms. The first-order valence-corrected chi connectivity index (χ1v) is 7.86. The molecular formula is C15H21ClN2OS. The van der Waals surface area contributed by atoms with Crippen LogP contribution in [0.2, 0.25) is 5.02 Å². The lowest BCUT2D eigenvalue weighted by atomic mass is 10.1. The lowest BCUT2D eigenvalue weighted by Crippen LogP contribution is -2.39. The van der Waals surface area contributed by atoms with Gasteiger partial charge in [0.25, 0.3) is 0 Å². The first-order valence-electron chi connectivity index (χ1n) is 7.07. The minimum Gasteiger partial charge on any atom is -0.389 e. The molecule has 110 valence electrons. The van der Waals surface area contributed by atoms with Gasteiger partial charge in [-0.15, -0.1) is 0 Å². The van der Waals surface area contributed by atoms with Crippen molar-refractivity contribution in [3.63, 3.8) is 0 Å². The summed E-state index contributed by atoms with van der Waals surface area (Å²) in [4.78, 5) is 2.66. The van der Waals surface area contributed by atoms with Gasteiger partial charge in [-0.05, 0) is 37.5 Å². The molecule has 1 aliphatic heterocycles. The maximum absolute atomic E-state index is 6.24. The van der Waals surface area contributed by atoms with Gasteiger partial charge in [-0.25, -0.2) is 0 Å². The fourth-order valence-electron chi connectivity index (χ4n) is 2.49. The van der Waals surface area contributed by atoms with Crippen molar-refractivity contribution >= 4 is 34.5 Å². The van der Waals surface area contributed by atoms with Crippen LogP contribution < -0.4 is 10.6 Å². The maximum Gasteiger partial charge on any atom is 0.105 e. The fraction of sp³-hybridized carbons (Fsp3) is 0.533. The van der Waals surface area contributed by atoms with Crippen LogP contribution in [0.3, 0.4) is 0 Å². The van der Waals surface area contributed by atoms with Crippen LogP contribution in [-0.4, -0.2) is 30.8 Å². The molecule has 1 unspecified atom stereocenters. The molecule has 1 saturated heterocycles. The number of rotatable bonds is 5. The summed E-state index contributed by atoms with van der Waals surface area (Å²) >= 11 is 11.2. The number of halogens is 1. The Kier molecular flexibility index (Phi) is 5.64. The quantitative estimate of drug-likeness (QED) is 0.846. The average molecular weight is 313 g/mol. The third-order valence-corrected chi connectivity index (χ3v) is 4.05. The van der Waals surface area contributed by atoms with Crippen LogP contribution in [0.4, 0.5) is 5.69 Å². The van der Waals surface area contributed by atoms with Crippen molar-refractivity contribution in [1.82, 2.24) is 0 Å². The Bertz CT molecular complexity index is 481. The lowest BCUT2D eigenvalue weighted by Gasteiger charge is -2.34. The van der Waals surface area contributed by atoms with Crippen molar-refractivity contribution in [1.29, 1.82) is 0 Å². The topological polar surface area (TPSA) is 38.5 Å². The van der Waals surface area contributed by atoms with Crippen LogP contribution in [0.5, 0.6) is 0 Å². The SMILES string of the molecule is CCCOC1CCCN(c2ccc(C(N)=S)c(Cl)c2)C1. The van der Waals surface area contributed by atoms with E-state index in [1.165, 1.54) is 0 Å². The highest BCUT2D eigenvalue weighted by molar-refractivity contribution is 7.80. The van der Waals surface area contributed by atoms with Gasteiger partial charge in [-0.2, -0.15) is 0 Å². The van der Waals surface area contributed by atoms with Crippen molar-refractivity contribution in [2.75, 3.05) is 24.6 Å². The highest BCUT2D eigenvalue weighted by atomic mass is 35.5. The molecule has 0 aromatic heterocycles. The molecule has 1 atom stereocenters. The highest BCUT2D eigenvalue weighted by Crippen LogP contribution is 2.26. The van der Waals surface area contributed by atoms with Gasteiger partial charge < -0.3 is 15.4 Å². The van der Waals surface area contributed by atoms with Crippen molar-refractivity contribution < 1.29 is 4.74 Å². The van der Waals surface area contributed by atoms with Gasteiger partial charge in [0.15, 0.2) is 0 Å². The number of hydrogen-bond donors (Lipinski definition) is 1. The minimum absolute atomic E-state index is 0.317. The average Bonchev–Trinajstić information content (AvgIpc) is 2.45. The van der Waals surface area contributed by atoms with E-state index in [4.69, 9.17) is 34.3 Å². The van der Waals surface area contributed by atoms with E-state index >= 15 is 0 Å². The van der Waals surface area contributed by atoms with Gasteiger partial charge in [0.1, 0.15) is 4.99 Å². The second-order valence-corrected chi connectivity index (χ2v) is 5.96. The van der Waals surface area contributed by atoms with E-state index < -0.39 is 0 Å². The molecular weight excluding hydrogens is 292 g/mol. The molecule has 20 heavy (non-hydrogen) atoms. The van der Waals surface area contributed by atoms with Gasteiger partial charge in [0.05, 0.1) is 11.1 Å². The zero-order valence-corrected chi connectivity index (χ0v) is 13.3. The van der Waals surface area contributed by atoms with Crippen molar-refractivity contribution in [3.05, 3.63) is 28.8 Å². The molecule has 0 aliphatic carbocycles. The van der Waals surface area contributed by atoms with Crippen LogP contribution in [0.1, 0.15) is 31.7 Å². The number of nitrogens with two attached hydrogens (primary N) is 1. The molecule has 2 N–H and O–H groups in total. The number of benzene rings is 1. The van der Waals surface area contributed by atoms with E-state index in [0.717, 1.165) is 50.2 Å². The number of piperidine rings is 1. The van der Waals surface area contributed by atoms with Crippen molar-refractivity contribution in [3.8, 4) is 0 Å². The number of ether oxygens (including phenoxy) is 1. The van der Waals surface area contributed by atoms with Gasteiger partial charge in [0.2, 0.25) is 0 Å². The van der Waals surface area contributed by atoms with Crippen molar-refractivity contribution in [2.24, 2.45) is 5.73 Å². The Labute approximate surface area is 131 Å². The smallest absolute Gasteiger partial charge is 0.105 e. The third-order valence-electron chi connectivity index (χ3n) is 3.52. The molecule has 0 radical (unpaired) electrons. The van der Waals surface area contributed by atoms with E-state index in [9.17, 15) is 0 Å². The summed E-state index contributed by atoms with van der Waals surface area (Å²) in [5.41, 5.74) is 7.48. The molecule has 2 rings (SSSR count). The first kappa shape index (κ1) is 15.5. The van der Waals surface area contributed by atoms with Crippen LogP contribution in [0, 0.1) is 0 Å². The second kappa shape index (κ2) is 7.25. The fourth-order valence-corrected chi connectivity index (χ4v) is 3.00. The Morgan fingerprint density at radius 1 is 1.55 bits per heavy atom. The third kappa shape index (κ3) is 3.84. The monoisotopic (exact) mass is 312 g/mol. The zero-order valence-electron chi connectivity index (χ0n) is 11.8. The summed E-state index contributed by atoms with van der Waals surface area (Å²) in [6.45, 7) is 4.92. The minimum atomic E-state index is 0.317. The summed E-state index contributed by atoms with van der Waals surface area (Å²) in [7, 11) is 0. The van der Waals surface area contributed by atoms with E-state index in [-0.39, 0.29) is 0 Å². The molecule has 0 bridgehead atoms. The number of thiocarbonyl (C=S) groups is 1. The molecule has 5 heteroatoms. The molecule has 3 nitrogen and oxygen atoms in total. The summed E-state index contributed by atoms with van der Waals surface area (Å²) < 4.78 is 5.86. The largest absolute Gasteiger partial charge is 0.389 e. The highest BCUT2D eigenvalue weighted by Gasteiger charge is 2.21. The summed E-state index contributed by atoms with van der Waals surface area (Å²) in [6.07, 6.45) is 3.65. The number of hydrogen-bond acceptors (Lipinski definition) is 3. The zero-order chi connectivity index (χ0) is 14.5. The standard InChI is InChI=1S/C15H21ClN2OS/c1-2-8-19-12-4-3-7-18(10-12)11-5-6-13(15(17)20)14(16)9-11/h5-6,9,12H,2-4,7-8,10H2,1H3,(H2,17,20). The predicted molar refractivity (Wildman–Crippen MR) is 88.8 cm³/mol. The van der Waals surface area contributed by atoms with Gasteiger partial charge in [-0.3, -0.25) is 0 Å². The Morgan fingerprint density at radius 3 is 3.00 bits per heavy atom. The molecule has 1 fully saturated rings. The lowest BCUT2D eigenvalue weighted by molar-refractivity contribution is 0.0440.